The number of carboxylic acid groups (broad SMARTS) is 1. The molecule has 1 amide bonds. The lowest BCUT2D eigenvalue weighted by Crippen LogP contribution is -2.42. The van der Waals surface area contributed by atoms with Crippen LogP contribution in [0.4, 0.5) is 0 Å². The number of aliphatic carboxylic acids is 1. The standard InChI is InChI=1S/C11H20N2O4S3/c1-8(14)13-9(10(15)16)7-19-11(18)12-5-3-4-6-20(2)17/h9H,3-7H2,1-2H3,(H,12,18)(H,13,14)(H,15,16)/t9-,20+/m1/s1. The average Bonchev–Trinajstić information content (AvgIpc) is 2.32. The highest BCUT2D eigenvalue weighted by Gasteiger charge is 2.18. The van der Waals surface area contributed by atoms with E-state index in [1.807, 2.05) is 0 Å². The fourth-order valence-corrected chi connectivity index (χ4v) is 2.92. The molecule has 0 heterocycles. The zero-order chi connectivity index (χ0) is 15.5. The summed E-state index contributed by atoms with van der Waals surface area (Å²) in [4.78, 5) is 21.7. The van der Waals surface area contributed by atoms with Gasteiger partial charge in [-0.3, -0.25) is 9.00 Å². The van der Waals surface area contributed by atoms with Crippen molar-refractivity contribution in [3.63, 3.8) is 0 Å². The van der Waals surface area contributed by atoms with E-state index >= 15 is 0 Å². The minimum atomic E-state index is -1.08. The van der Waals surface area contributed by atoms with Crippen molar-refractivity contribution >= 4 is 51.0 Å². The number of carbonyl (C=O) groups is 2. The first-order chi connectivity index (χ1) is 9.32. The van der Waals surface area contributed by atoms with Crippen LogP contribution in [0.5, 0.6) is 0 Å². The van der Waals surface area contributed by atoms with Crippen molar-refractivity contribution in [2.45, 2.75) is 25.8 Å². The molecule has 116 valence electrons. The first-order valence-corrected chi connectivity index (χ1v) is 9.15. The Balaban J connectivity index is 3.82. The lowest BCUT2D eigenvalue weighted by Gasteiger charge is -2.13. The van der Waals surface area contributed by atoms with Crippen molar-refractivity contribution in [2.24, 2.45) is 0 Å². The summed E-state index contributed by atoms with van der Waals surface area (Å²) in [6.07, 6.45) is 3.38. The van der Waals surface area contributed by atoms with Crippen LogP contribution in [0.1, 0.15) is 19.8 Å². The van der Waals surface area contributed by atoms with E-state index in [1.54, 1.807) is 6.26 Å². The molecule has 0 radical (unpaired) electrons. The molecule has 3 N–H and O–H groups in total. The van der Waals surface area contributed by atoms with Gasteiger partial charge in [-0.1, -0.05) is 24.0 Å². The monoisotopic (exact) mass is 340 g/mol. The van der Waals surface area contributed by atoms with E-state index in [-0.39, 0.29) is 11.7 Å². The van der Waals surface area contributed by atoms with Gasteiger partial charge in [0, 0.05) is 42.0 Å². The Morgan fingerprint density at radius 2 is 2.05 bits per heavy atom. The van der Waals surface area contributed by atoms with Crippen LogP contribution >= 0.6 is 24.0 Å². The van der Waals surface area contributed by atoms with Gasteiger partial charge in [-0.05, 0) is 12.8 Å². The van der Waals surface area contributed by atoms with Gasteiger partial charge in [-0.25, -0.2) is 4.79 Å². The van der Waals surface area contributed by atoms with E-state index in [0.29, 0.717) is 16.6 Å². The van der Waals surface area contributed by atoms with E-state index in [1.165, 1.54) is 18.7 Å². The second-order valence-corrected chi connectivity index (χ2v) is 7.35. The highest BCUT2D eigenvalue weighted by molar-refractivity contribution is 8.23. The smallest absolute Gasteiger partial charge is 0.327 e. The van der Waals surface area contributed by atoms with Crippen LogP contribution in [0.3, 0.4) is 0 Å². The maximum atomic E-state index is 10.9. The number of nitrogens with one attached hydrogen (secondary N) is 2. The molecule has 6 nitrogen and oxygen atoms in total. The second kappa shape index (κ2) is 11.0. The van der Waals surface area contributed by atoms with Gasteiger partial charge in [0.25, 0.3) is 0 Å². The highest BCUT2D eigenvalue weighted by atomic mass is 32.2. The summed E-state index contributed by atoms with van der Waals surface area (Å²) in [5.41, 5.74) is 0. The molecule has 2 atom stereocenters. The number of rotatable bonds is 9. The number of carboxylic acids is 1. The zero-order valence-electron chi connectivity index (χ0n) is 11.5. The van der Waals surface area contributed by atoms with Crippen molar-refractivity contribution in [3.05, 3.63) is 0 Å². The van der Waals surface area contributed by atoms with Gasteiger partial charge >= 0.3 is 5.97 Å². The molecule has 0 aromatic rings. The molecular weight excluding hydrogens is 320 g/mol. The minimum Gasteiger partial charge on any atom is -0.480 e. The van der Waals surface area contributed by atoms with Gasteiger partial charge in [0.05, 0.1) is 0 Å². The molecule has 0 unspecified atom stereocenters. The highest BCUT2D eigenvalue weighted by Crippen LogP contribution is 2.05. The summed E-state index contributed by atoms with van der Waals surface area (Å²) in [6, 6.07) is -0.945. The Bertz CT molecular complexity index is 377. The van der Waals surface area contributed by atoms with Crippen LogP contribution in [-0.2, 0) is 20.4 Å². The summed E-state index contributed by atoms with van der Waals surface area (Å²) in [5, 5.41) is 14.2. The molecule has 0 aliphatic carbocycles. The average molecular weight is 340 g/mol. The molecule has 0 aliphatic heterocycles. The van der Waals surface area contributed by atoms with Crippen molar-refractivity contribution in [1.82, 2.24) is 10.6 Å². The molecule has 0 aromatic heterocycles. The first kappa shape index (κ1) is 19.3. The molecule has 0 saturated carbocycles. The normalized spacial score (nSPS) is 13.3. The SMILES string of the molecule is CC(=O)N[C@H](CSC(=S)NCCCC[S@](C)=O)C(=O)O. The Kier molecular flexibility index (Phi) is 10.7. The largest absolute Gasteiger partial charge is 0.480 e. The summed E-state index contributed by atoms with van der Waals surface area (Å²) in [5.74, 6) is -0.615. The van der Waals surface area contributed by atoms with Gasteiger partial charge in [-0.2, -0.15) is 0 Å². The summed E-state index contributed by atoms with van der Waals surface area (Å²) >= 11 is 6.24. The maximum Gasteiger partial charge on any atom is 0.327 e. The predicted octanol–water partition coefficient (Wildman–Crippen LogP) is 0.342. The third-order valence-corrected chi connectivity index (χ3v) is 4.45. The van der Waals surface area contributed by atoms with Crippen molar-refractivity contribution in [2.75, 3.05) is 24.3 Å². The van der Waals surface area contributed by atoms with Crippen molar-refractivity contribution < 1.29 is 18.9 Å². The molecule has 0 rings (SSSR count). The fourth-order valence-electron chi connectivity index (χ4n) is 1.25. The summed E-state index contributed by atoms with van der Waals surface area (Å²) in [6.45, 7) is 1.94. The topological polar surface area (TPSA) is 95.5 Å². The minimum absolute atomic E-state index is 0.180. The summed E-state index contributed by atoms with van der Waals surface area (Å²) in [7, 11) is -0.772. The van der Waals surface area contributed by atoms with Gasteiger partial charge in [0.15, 0.2) is 0 Å². The fraction of sp³-hybridized carbons (Fsp3) is 0.727. The van der Waals surface area contributed by atoms with Crippen molar-refractivity contribution in [1.29, 1.82) is 0 Å². The Labute approximate surface area is 130 Å². The van der Waals surface area contributed by atoms with Crippen LogP contribution < -0.4 is 10.6 Å². The molecule has 0 aromatic carbocycles. The maximum absolute atomic E-state index is 10.9. The van der Waals surface area contributed by atoms with Crippen LogP contribution in [0.2, 0.25) is 0 Å². The molecule has 0 aliphatic rings. The van der Waals surface area contributed by atoms with Crippen LogP contribution in [0.25, 0.3) is 0 Å². The van der Waals surface area contributed by atoms with E-state index in [4.69, 9.17) is 17.3 Å². The van der Waals surface area contributed by atoms with E-state index < -0.39 is 22.8 Å². The lowest BCUT2D eigenvalue weighted by atomic mass is 10.3. The lowest BCUT2D eigenvalue weighted by molar-refractivity contribution is -0.140. The Morgan fingerprint density at radius 1 is 1.40 bits per heavy atom. The molecule has 20 heavy (non-hydrogen) atoms. The number of unbranched alkanes of at least 4 members (excludes halogenated alkanes) is 1. The van der Waals surface area contributed by atoms with Crippen molar-refractivity contribution in [3.8, 4) is 0 Å². The van der Waals surface area contributed by atoms with E-state index in [9.17, 15) is 13.8 Å². The van der Waals surface area contributed by atoms with Crippen LogP contribution in [0.15, 0.2) is 0 Å². The zero-order valence-corrected chi connectivity index (χ0v) is 14.0. The van der Waals surface area contributed by atoms with E-state index in [2.05, 4.69) is 10.6 Å². The summed E-state index contributed by atoms with van der Waals surface area (Å²) < 4.78 is 11.3. The number of hydrogen-bond acceptors (Lipinski definition) is 5. The Morgan fingerprint density at radius 3 is 2.55 bits per heavy atom. The van der Waals surface area contributed by atoms with Crippen LogP contribution in [0, 0.1) is 0 Å². The van der Waals surface area contributed by atoms with Gasteiger partial charge < -0.3 is 15.7 Å². The predicted molar refractivity (Wildman–Crippen MR) is 86.5 cm³/mol. The molecule has 0 bridgehead atoms. The quantitative estimate of drug-likeness (QED) is 0.411. The third-order valence-electron chi connectivity index (χ3n) is 2.18. The van der Waals surface area contributed by atoms with E-state index in [0.717, 1.165) is 12.8 Å². The number of thioether (sulfide) groups is 1. The number of amides is 1. The molecule has 0 fully saturated rings. The van der Waals surface area contributed by atoms with Gasteiger partial charge in [0.1, 0.15) is 10.4 Å². The van der Waals surface area contributed by atoms with Crippen LogP contribution in [-0.4, -0.2) is 55.9 Å². The number of carbonyl (C=O) groups excluding carboxylic acids is 1. The first-order valence-electron chi connectivity index (χ1n) is 6.03. The molecule has 9 heteroatoms. The third kappa shape index (κ3) is 11.2. The number of thiocarbonyl (C=S) groups is 1. The number of hydrogen-bond donors (Lipinski definition) is 3. The molecule has 0 saturated heterocycles. The van der Waals surface area contributed by atoms with Gasteiger partial charge in [0.2, 0.25) is 5.91 Å². The Hall–Kier alpha value is -0.670. The molecular formula is C11H20N2O4S3. The molecule has 0 spiro atoms. The second-order valence-electron chi connectivity index (χ2n) is 4.10. The van der Waals surface area contributed by atoms with Gasteiger partial charge in [-0.15, -0.1) is 0 Å².